The molecule has 0 aromatic heterocycles. The van der Waals surface area contributed by atoms with Gasteiger partial charge in [0.15, 0.2) is 11.5 Å². The molecule has 4 aromatic carbocycles. The number of allylic oxidation sites excluding steroid dienone is 1. The van der Waals surface area contributed by atoms with Gasteiger partial charge >= 0.3 is 6.09 Å². The molecule has 67 heavy (non-hydrogen) atoms. The third kappa shape index (κ3) is 10.2. The van der Waals surface area contributed by atoms with Gasteiger partial charge in [-0.25, -0.2) is 4.79 Å². The first-order valence-electron chi connectivity index (χ1n) is 22.7. The van der Waals surface area contributed by atoms with Gasteiger partial charge in [0.05, 0.1) is 23.2 Å². The van der Waals surface area contributed by atoms with E-state index in [4.69, 9.17) is 33.7 Å². The number of carbonyl (C=O) groups is 2. The number of benzene rings is 4. The van der Waals surface area contributed by atoms with Crippen LogP contribution in [0, 0.1) is 27.9 Å². The fourth-order valence-corrected chi connectivity index (χ4v) is 9.98. The molecule has 6 unspecified atom stereocenters. The van der Waals surface area contributed by atoms with Gasteiger partial charge in [-0.15, -0.1) is 6.58 Å². The summed E-state index contributed by atoms with van der Waals surface area (Å²) >= 11 is 0. The van der Waals surface area contributed by atoms with E-state index >= 15 is 0 Å². The number of fused-ring (bicyclic) bond motifs is 3. The molecule has 352 valence electrons. The molecule has 2 aliphatic carbocycles. The number of nitro groups is 1. The van der Waals surface area contributed by atoms with Crippen LogP contribution in [0.25, 0.3) is 0 Å². The van der Waals surface area contributed by atoms with Gasteiger partial charge in [-0.3, -0.25) is 14.9 Å². The summed E-state index contributed by atoms with van der Waals surface area (Å²) in [6.07, 6.45) is 7.45. The highest BCUT2D eigenvalue weighted by molar-refractivity contribution is 6.03. The predicted octanol–water partition coefficient (Wildman–Crippen LogP) is 8.22. The number of hydrogen-bond donors (Lipinski definition) is 3. The number of oxime groups is 1. The molecule has 16 heteroatoms. The van der Waals surface area contributed by atoms with Gasteiger partial charge < -0.3 is 49.0 Å². The largest absolute Gasteiger partial charge is 0.459 e. The quantitative estimate of drug-likeness (QED) is 0.0333. The van der Waals surface area contributed by atoms with Crippen molar-refractivity contribution in [3.63, 3.8) is 0 Å². The van der Waals surface area contributed by atoms with Gasteiger partial charge in [0.2, 0.25) is 12.6 Å². The Morgan fingerprint density at radius 2 is 1.69 bits per heavy atom. The monoisotopic (exact) mass is 916 g/mol. The summed E-state index contributed by atoms with van der Waals surface area (Å²) in [5, 5.41) is 38.9. The van der Waals surface area contributed by atoms with E-state index in [1.54, 1.807) is 60.5 Å². The normalized spacial score (nSPS) is 22.6. The van der Waals surface area contributed by atoms with Gasteiger partial charge in [-0.05, 0) is 103 Å². The van der Waals surface area contributed by atoms with Gasteiger partial charge in [0.1, 0.15) is 24.1 Å². The lowest BCUT2D eigenvalue weighted by molar-refractivity contribution is -0.384. The molecule has 2 amide bonds. The number of amides is 2. The number of nitrogens with one attached hydrogen (secondary N) is 1. The lowest BCUT2D eigenvalue weighted by Gasteiger charge is -2.59. The van der Waals surface area contributed by atoms with Crippen LogP contribution in [0.3, 0.4) is 0 Å². The zero-order valence-electron chi connectivity index (χ0n) is 37.4. The molecule has 6 atom stereocenters. The zero-order valence-corrected chi connectivity index (χ0v) is 37.4. The summed E-state index contributed by atoms with van der Waals surface area (Å²) in [6, 6.07) is 25.1. The second kappa shape index (κ2) is 21.3. The molecule has 0 saturated heterocycles. The van der Waals surface area contributed by atoms with Crippen molar-refractivity contribution in [2.24, 2.45) is 22.9 Å². The first-order valence-corrected chi connectivity index (χ1v) is 22.7. The number of aliphatic hydroxyl groups excluding tert-OH is 2. The highest BCUT2D eigenvalue weighted by Crippen LogP contribution is 2.62. The molecule has 8 rings (SSSR count). The van der Waals surface area contributed by atoms with Crippen molar-refractivity contribution in [1.29, 1.82) is 0 Å². The highest BCUT2D eigenvalue weighted by Gasteiger charge is 2.65. The zero-order chi connectivity index (χ0) is 46.9. The molecule has 4 aromatic rings. The van der Waals surface area contributed by atoms with Gasteiger partial charge in [0, 0.05) is 62.4 Å². The Morgan fingerprint density at radius 3 is 2.43 bits per heavy atom. The number of aliphatic hydroxyl groups is 2. The minimum Gasteiger partial charge on any atom is -0.459 e. The van der Waals surface area contributed by atoms with E-state index in [0.29, 0.717) is 65.5 Å². The van der Waals surface area contributed by atoms with E-state index in [-0.39, 0.29) is 75.5 Å². The summed E-state index contributed by atoms with van der Waals surface area (Å²) in [5.74, 6) is -1.21. The molecule has 16 nitrogen and oxygen atoms in total. The summed E-state index contributed by atoms with van der Waals surface area (Å²) in [4.78, 5) is 46.7. The number of nitro benzene ring substituents is 1. The molecule has 4 aliphatic rings. The Kier molecular flexibility index (Phi) is 14.8. The number of rotatable bonds is 20. The molecule has 0 bridgehead atoms. The number of ether oxygens (including phenoxy) is 5. The van der Waals surface area contributed by atoms with Gasteiger partial charge in [0.25, 0.3) is 11.6 Å². The van der Waals surface area contributed by atoms with E-state index in [1.165, 1.54) is 12.1 Å². The van der Waals surface area contributed by atoms with Gasteiger partial charge in [-0.1, -0.05) is 60.5 Å². The van der Waals surface area contributed by atoms with Crippen LogP contribution in [0.1, 0.15) is 77.9 Å². The average Bonchev–Trinajstić information content (AvgIpc) is 3.82. The van der Waals surface area contributed by atoms with E-state index < -0.39 is 28.8 Å². The van der Waals surface area contributed by atoms with Crippen molar-refractivity contribution in [2.75, 3.05) is 33.7 Å². The average molecular weight is 917 g/mol. The molecular formula is C51H56N4O12. The van der Waals surface area contributed by atoms with Crippen LogP contribution in [-0.4, -0.2) is 83.2 Å². The number of likely N-dealkylation sites (N-methyl/N-ethyl adjacent to an activating group) is 1. The smallest absolute Gasteiger partial charge is 0.412 e. The molecule has 0 spiro atoms. The second-order valence-corrected chi connectivity index (χ2v) is 17.2. The summed E-state index contributed by atoms with van der Waals surface area (Å²) in [5.41, 5.74) is 4.03. The third-order valence-corrected chi connectivity index (χ3v) is 13.1. The molecule has 0 radical (unpaired) electrons. The van der Waals surface area contributed by atoms with Crippen molar-refractivity contribution < 1.29 is 53.2 Å². The van der Waals surface area contributed by atoms with Crippen LogP contribution in [0.5, 0.6) is 23.0 Å². The van der Waals surface area contributed by atoms with Crippen molar-refractivity contribution in [3.05, 3.63) is 148 Å². The Morgan fingerprint density at radius 1 is 0.940 bits per heavy atom. The minimum atomic E-state index is -1.53. The number of hydrogen-bond acceptors (Lipinski definition) is 13. The van der Waals surface area contributed by atoms with Crippen molar-refractivity contribution in [1.82, 2.24) is 10.2 Å². The number of unbranched alkanes of at least 4 members (excludes halogenated alkanes) is 2. The number of nitrogens with zero attached hydrogens (tertiary/aromatic N) is 3. The molecular weight excluding hydrogens is 861 g/mol. The summed E-state index contributed by atoms with van der Waals surface area (Å²) < 4.78 is 31.4. The second-order valence-electron chi connectivity index (χ2n) is 17.2. The van der Waals surface area contributed by atoms with Crippen LogP contribution >= 0.6 is 0 Å². The maximum atomic E-state index is 14.8. The number of non-ortho nitro benzene ring substituents is 1. The fourth-order valence-electron chi connectivity index (χ4n) is 9.98. The summed E-state index contributed by atoms with van der Waals surface area (Å²) in [7, 11) is 1.71. The maximum Gasteiger partial charge on any atom is 0.412 e. The minimum absolute atomic E-state index is 0.00763. The Balaban J connectivity index is 1.25. The van der Waals surface area contributed by atoms with E-state index in [0.717, 1.165) is 29.5 Å². The van der Waals surface area contributed by atoms with Gasteiger partial charge in [-0.2, -0.15) is 0 Å². The lowest BCUT2D eigenvalue weighted by atomic mass is 9.55. The van der Waals surface area contributed by atoms with Crippen LogP contribution in [0.15, 0.2) is 120 Å². The predicted molar refractivity (Wildman–Crippen MR) is 247 cm³/mol. The molecule has 2 heterocycles. The Bertz CT molecular complexity index is 2480. The highest BCUT2D eigenvalue weighted by atomic mass is 16.7. The molecule has 1 fully saturated rings. The van der Waals surface area contributed by atoms with Crippen molar-refractivity contribution in [2.45, 2.75) is 75.8 Å². The number of carbonyl (C=O) groups excluding carboxylic acids is 2. The standard InChI is InChI=1S/C51H56N4O12/c1-3-25-64-51-46(54(2)49(58)36-17-21-44-45(27-36)63-32-62-44)29-42(53-65-31-34-15-18-37(19-16-34)55(60)61)40-26-35(13-7-9-23-56)39(14-8-10-24-57)47(48(40)51)41-28-38(20-22-43(41)67-51)66-50(59)52-30-33-11-5-4-6-12-33/h3-6,11-12,15-22,26-28,35,39,46-48,56-57H,1,7-10,13-14,23-25,29-32H2,2H3,(H,52,59). The third-order valence-electron chi connectivity index (χ3n) is 13.1. The van der Waals surface area contributed by atoms with Crippen LogP contribution in [0.4, 0.5) is 10.5 Å². The molecule has 2 aliphatic heterocycles. The fraction of sp³-hybridized carbons (Fsp3) is 0.392. The van der Waals surface area contributed by atoms with Crippen LogP contribution < -0.4 is 24.3 Å². The van der Waals surface area contributed by atoms with E-state index in [1.807, 2.05) is 36.4 Å². The maximum absolute atomic E-state index is 14.8. The molecule has 1 saturated carbocycles. The first kappa shape index (κ1) is 46.8. The Labute approximate surface area is 388 Å². The van der Waals surface area contributed by atoms with Crippen LogP contribution in [0.2, 0.25) is 0 Å². The Hall–Kier alpha value is -6.75. The van der Waals surface area contributed by atoms with Crippen LogP contribution in [-0.2, 0) is 22.7 Å². The SMILES string of the molecule is C=CCOC12Oc3ccc(OC(=O)NCc4ccccc4)cc3C3C(CCCCO)C(CCCCO)C=C(C(=NOCc4ccc([N+](=O)[O-])cc4)CC1N(C)C(=O)c1ccc4c(c1)OCO4)C32. The van der Waals surface area contributed by atoms with Crippen molar-refractivity contribution in [3.8, 4) is 23.0 Å². The lowest BCUT2D eigenvalue weighted by Crippen LogP contribution is -2.69. The summed E-state index contributed by atoms with van der Waals surface area (Å²) in [6.45, 7) is 4.45. The van der Waals surface area contributed by atoms with E-state index in [2.05, 4.69) is 18.0 Å². The molecule has 3 N–H and O–H groups in total. The topological polar surface area (TPSA) is 201 Å². The van der Waals surface area contributed by atoms with E-state index in [9.17, 15) is 29.9 Å². The van der Waals surface area contributed by atoms with Crippen molar-refractivity contribution >= 4 is 23.4 Å². The first-order chi connectivity index (χ1) is 32.6.